The SMILES string of the molecule is C1=NC2=CN=NC2=C1. The molecule has 3 nitrogen and oxygen atoms in total. The summed E-state index contributed by atoms with van der Waals surface area (Å²) in [6.45, 7) is 0. The molecular weight excluding hydrogens is 102 g/mol. The number of allylic oxidation sites excluding steroid dienone is 1. The lowest BCUT2D eigenvalue weighted by Gasteiger charge is -1.79. The fraction of sp³-hybridized carbons (Fsp3) is 0. The summed E-state index contributed by atoms with van der Waals surface area (Å²) < 4.78 is 0. The van der Waals surface area contributed by atoms with Gasteiger partial charge in [-0.3, -0.25) is 4.99 Å². The summed E-state index contributed by atoms with van der Waals surface area (Å²) in [4.78, 5) is 3.95. The molecule has 0 aliphatic carbocycles. The van der Waals surface area contributed by atoms with Gasteiger partial charge in [-0.25, -0.2) is 0 Å². The maximum Gasteiger partial charge on any atom is 0.114 e. The van der Waals surface area contributed by atoms with Gasteiger partial charge < -0.3 is 0 Å². The predicted molar refractivity (Wildman–Crippen MR) is 29.5 cm³/mol. The Balaban J connectivity index is 2.59. The minimum absolute atomic E-state index is 0.880. The summed E-state index contributed by atoms with van der Waals surface area (Å²) in [6.07, 6.45) is 5.21. The Morgan fingerprint density at radius 3 is 3.12 bits per heavy atom. The summed E-state index contributed by atoms with van der Waals surface area (Å²) in [6, 6.07) is 0. The van der Waals surface area contributed by atoms with E-state index in [-0.39, 0.29) is 0 Å². The Bertz CT molecular complexity index is 206. The lowest BCUT2D eigenvalue weighted by Crippen LogP contribution is -1.66. The normalized spacial score (nSPS) is 21.0. The van der Waals surface area contributed by atoms with E-state index in [2.05, 4.69) is 15.2 Å². The Morgan fingerprint density at radius 1 is 1.25 bits per heavy atom. The number of hydrogen-bond acceptors (Lipinski definition) is 3. The third-order valence-electron chi connectivity index (χ3n) is 1.05. The molecule has 0 fully saturated rings. The molecule has 0 unspecified atom stereocenters. The van der Waals surface area contributed by atoms with Gasteiger partial charge in [0.25, 0.3) is 0 Å². The van der Waals surface area contributed by atoms with Crippen LogP contribution in [0, 0.1) is 0 Å². The lowest BCUT2D eigenvalue weighted by molar-refractivity contribution is 1.23. The van der Waals surface area contributed by atoms with E-state index in [1.807, 2.05) is 6.08 Å². The quantitative estimate of drug-likeness (QED) is 0.444. The first-order valence-electron chi connectivity index (χ1n) is 2.32. The van der Waals surface area contributed by atoms with Gasteiger partial charge in [0.05, 0.1) is 6.20 Å². The van der Waals surface area contributed by atoms with E-state index < -0.39 is 0 Å². The molecule has 0 aromatic carbocycles. The van der Waals surface area contributed by atoms with Crippen LogP contribution in [0.25, 0.3) is 0 Å². The second-order valence-electron chi connectivity index (χ2n) is 1.56. The molecule has 0 aromatic heterocycles. The number of azo groups is 1. The van der Waals surface area contributed by atoms with E-state index in [1.54, 1.807) is 12.4 Å². The molecule has 0 radical (unpaired) electrons. The van der Waals surface area contributed by atoms with Crippen LogP contribution in [-0.4, -0.2) is 6.21 Å². The van der Waals surface area contributed by atoms with Crippen LogP contribution >= 0.6 is 0 Å². The van der Waals surface area contributed by atoms with Crippen LogP contribution in [0.15, 0.2) is 38.9 Å². The molecule has 0 bridgehead atoms. The minimum Gasteiger partial charge on any atom is -0.253 e. The molecule has 0 saturated carbocycles. The van der Waals surface area contributed by atoms with Crippen LogP contribution in [0.2, 0.25) is 0 Å². The summed E-state index contributed by atoms with van der Waals surface area (Å²) in [5.41, 5.74) is 1.76. The van der Waals surface area contributed by atoms with Crippen LogP contribution in [0.3, 0.4) is 0 Å². The molecule has 3 heteroatoms. The zero-order chi connectivity index (χ0) is 5.40. The topological polar surface area (TPSA) is 37.1 Å². The van der Waals surface area contributed by atoms with Crippen molar-refractivity contribution in [3.63, 3.8) is 0 Å². The van der Waals surface area contributed by atoms with Crippen LogP contribution in [0.5, 0.6) is 0 Å². The average Bonchev–Trinajstić information content (AvgIpc) is 2.15. The molecule has 8 heavy (non-hydrogen) atoms. The van der Waals surface area contributed by atoms with Gasteiger partial charge >= 0.3 is 0 Å². The predicted octanol–water partition coefficient (Wildman–Crippen LogP) is 1.26. The van der Waals surface area contributed by atoms with E-state index in [4.69, 9.17) is 0 Å². The Labute approximate surface area is 46.2 Å². The molecule has 0 N–H and O–H groups in total. The third-order valence-corrected chi connectivity index (χ3v) is 1.05. The molecular formula is C5H3N3. The number of aliphatic imine (C=N–C) groups is 1. The van der Waals surface area contributed by atoms with Crippen molar-refractivity contribution < 1.29 is 0 Å². The van der Waals surface area contributed by atoms with Crippen molar-refractivity contribution >= 4 is 6.21 Å². The van der Waals surface area contributed by atoms with Crippen molar-refractivity contribution in [2.75, 3.05) is 0 Å². The molecule has 38 valence electrons. The second-order valence-corrected chi connectivity index (χ2v) is 1.56. The van der Waals surface area contributed by atoms with Crippen molar-refractivity contribution in [1.82, 2.24) is 0 Å². The molecule has 0 aromatic rings. The minimum atomic E-state index is 0.880. The smallest absolute Gasteiger partial charge is 0.114 e. The van der Waals surface area contributed by atoms with Gasteiger partial charge in [0.15, 0.2) is 0 Å². The second kappa shape index (κ2) is 1.12. The van der Waals surface area contributed by atoms with Crippen LogP contribution < -0.4 is 0 Å². The maximum absolute atomic E-state index is 3.95. The van der Waals surface area contributed by atoms with Gasteiger partial charge in [0, 0.05) is 6.21 Å². The molecule has 2 aliphatic heterocycles. The van der Waals surface area contributed by atoms with Crippen LogP contribution in [0.4, 0.5) is 0 Å². The zero-order valence-electron chi connectivity index (χ0n) is 4.07. The van der Waals surface area contributed by atoms with E-state index in [1.165, 1.54) is 0 Å². The lowest BCUT2D eigenvalue weighted by atomic mass is 10.4. The van der Waals surface area contributed by atoms with E-state index in [9.17, 15) is 0 Å². The molecule has 0 atom stereocenters. The molecule has 2 aliphatic rings. The monoisotopic (exact) mass is 105 g/mol. The highest BCUT2D eigenvalue weighted by atomic mass is 15.2. The summed E-state index contributed by atoms with van der Waals surface area (Å²) in [7, 11) is 0. The number of rotatable bonds is 0. The van der Waals surface area contributed by atoms with Crippen molar-refractivity contribution in [3.8, 4) is 0 Å². The van der Waals surface area contributed by atoms with Crippen LogP contribution in [-0.2, 0) is 0 Å². The Kier molecular flexibility index (Phi) is 0.521. The van der Waals surface area contributed by atoms with Crippen LogP contribution in [0.1, 0.15) is 0 Å². The first-order valence-corrected chi connectivity index (χ1v) is 2.32. The molecule has 2 heterocycles. The first kappa shape index (κ1) is 3.72. The highest BCUT2D eigenvalue weighted by Crippen LogP contribution is 2.22. The van der Waals surface area contributed by atoms with E-state index in [0.717, 1.165) is 11.4 Å². The van der Waals surface area contributed by atoms with Gasteiger partial charge in [-0.05, 0) is 6.08 Å². The zero-order valence-corrected chi connectivity index (χ0v) is 4.07. The fourth-order valence-corrected chi connectivity index (χ4v) is 0.669. The van der Waals surface area contributed by atoms with Gasteiger partial charge in [-0.15, -0.1) is 5.11 Å². The standard InChI is InChI=1S/C5H3N3/c1-2-6-5-3-7-8-4(1)5/h1-3H. The summed E-state index contributed by atoms with van der Waals surface area (Å²) >= 11 is 0. The maximum atomic E-state index is 3.95. The van der Waals surface area contributed by atoms with Crippen molar-refractivity contribution in [1.29, 1.82) is 0 Å². The van der Waals surface area contributed by atoms with Crippen molar-refractivity contribution in [3.05, 3.63) is 23.7 Å². The summed E-state index contributed by atoms with van der Waals surface area (Å²) in [5, 5.41) is 7.42. The molecule has 0 amide bonds. The Morgan fingerprint density at radius 2 is 2.25 bits per heavy atom. The van der Waals surface area contributed by atoms with Gasteiger partial charge in [0.2, 0.25) is 0 Å². The highest BCUT2D eigenvalue weighted by Gasteiger charge is 2.09. The van der Waals surface area contributed by atoms with Gasteiger partial charge in [-0.1, -0.05) is 0 Å². The molecule has 0 saturated heterocycles. The number of hydrogen-bond donors (Lipinski definition) is 0. The van der Waals surface area contributed by atoms with Gasteiger partial charge in [0.1, 0.15) is 11.4 Å². The largest absolute Gasteiger partial charge is 0.253 e. The highest BCUT2D eigenvalue weighted by molar-refractivity contribution is 5.79. The van der Waals surface area contributed by atoms with E-state index in [0.29, 0.717) is 0 Å². The van der Waals surface area contributed by atoms with Crippen molar-refractivity contribution in [2.24, 2.45) is 15.2 Å². The fourth-order valence-electron chi connectivity index (χ4n) is 0.669. The first-order chi connectivity index (χ1) is 3.97. The molecule has 0 spiro atoms. The number of nitrogens with zero attached hydrogens (tertiary/aromatic N) is 3. The number of fused-ring (bicyclic) bond motifs is 1. The van der Waals surface area contributed by atoms with Crippen molar-refractivity contribution in [2.45, 2.75) is 0 Å². The molecule has 2 rings (SSSR count). The average molecular weight is 105 g/mol. The van der Waals surface area contributed by atoms with Gasteiger partial charge in [-0.2, -0.15) is 5.11 Å². The van der Waals surface area contributed by atoms with E-state index >= 15 is 0 Å². The third kappa shape index (κ3) is 0.307. The summed E-state index contributed by atoms with van der Waals surface area (Å²) in [5.74, 6) is 0. The Hall–Kier alpha value is -1.25.